The van der Waals surface area contributed by atoms with E-state index in [-0.39, 0.29) is 0 Å². The first kappa shape index (κ1) is 26.4. The molecule has 0 unspecified atom stereocenters. The first-order valence-electron chi connectivity index (χ1n) is 14.9. The molecule has 0 aliphatic heterocycles. The molecule has 8 rings (SSSR count). The first-order valence-corrected chi connectivity index (χ1v) is 15.7. The van der Waals surface area contributed by atoms with E-state index in [1.54, 1.807) is 0 Å². The standard InChI is InChI=1S/C42H28BrN/c43-36-18-10-17-33(26-36)31-15-9-16-32(25-31)35-21-23-38-37-19-7-8-20-40(37)44(42(38)28-35)41-24-22-34(29-11-3-1-4-12-29)27-39(41)30-13-5-2-6-14-30/h1-28H. The van der Waals surface area contributed by atoms with E-state index >= 15 is 0 Å². The Morgan fingerprint density at radius 1 is 0.341 bits per heavy atom. The van der Waals surface area contributed by atoms with Gasteiger partial charge in [0.1, 0.15) is 0 Å². The average molecular weight is 627 g/mol. The Bertz CT molecular complexity index is 2280. The summed E-state index contributed by atoms with van der Waals surface area (Å²) in [4.78, 5) is 0. The molecule has 0 saturated heterocycles. The fourth-order valence-corrected chi connectivity index (χ4v) is 6.75. The van der Waals surface area contributed by atoms with E-state index in [0.29, 0.717) is 0 Å². The van der Waals surface area contributed by atoms with Crippen molar-refractivity contribution < 1.29 is 0 Å². The number of aromatic nitrogens is 1. The number of hydrogen-bond acceptors (Lipinski definition) is 0. The molecule has 0 fully saturated rings. The van der Waals surface area contributed by atoms with Crippen LogP contribution < -0.4 is 0 Å². The zero-order valence-electron chi connectivity index (χ0n) is 24.0. The maximum Gasteiger partial charge on any atom is 0.0547 e. The summed E-state index contributed by atoms with van der Waals surface area (Å²) in [5.74, 6) is 0. The summed E-state index contributed by atoms with van der Waals surface area (Å²) in [6.07, 6.45) is 0. The van der Waals surface area contributed by atoms with Crippen molar-refractivity contribution in [3.8, 4) is 50.2 Å². The molecule has 0 N–H and O–H groups in total. The summed E-state index contributed by atoms with van der Waals surface area (Å²) < 4.78 is 3.53. The molecule has 0 aliphatic carbocycles. The molecule has 0 atom stereocenters. The average Bonchev–Trinajstić information content (AvgIpc) is 3.42. The Hall–Kier alpha value is -5.18. The summed E-state index contributed by atoms with van der Waals surface area (Å²) in [5, 5.41) is 2.50. The summed E-state index contributed by atoms with van der Waals surface area (Å²) in [5.41, 5.74) is 13.2. The molecule has 2 heteroatoms. The van der Waals surface area contributed by atoms with Gasteiger partial charge in [-0.1, -0.05) is 143 Å². The number of benzene rings is 7. The molecule has 208 valence electrons. The number of rotatable bonds is 5. The topological polar surface area (TPSA) is 4.93 Å². The molecule has 8 aromatic rings. The van der Waals surface area contributed by atoms with Gasteiger partial charge >= 0.3 is 0 Å². The molecule has 7 aromatic carbocycles. The van der Waals surface area contributed by atoms with E-state index < -0.39 is 0 Å². The summed E-state index contributed by atoms with van der Waals surface area (Å²) in [6.45, 7) is 0. The molecule has 0 aliphatic rings. The molecule has 0 amide bonds. The van der Waals surface area contributed by atoms with E-state index in [1.165, 1.54) is 72.0 Å². The highest BCUT2D eigenvalue weighted by Gasteiger charge is 2.17. The lowest BCUT2D eigenvalue weighted by Gasteiger charge is -2.16. The minimum atomic E-state index is 1.08. The molecular weight excluding hydrogens is 598 g/mol. The van der Waals surface area contributed by atoms with Crippen molar-refractivity contribution in [2.75, 3.05) is 0 Å². The van der Waals surface area contributed by atoms with Crippen LogP contribution in [-0.4, -0.2) is 4.57 Å². The van der Waals surface area contributed by atoms with Crippen LogP contribution in [0.1, 0.15) is 0 Å². The lowest BCUT2D eigenvalue weighted by molar-refractivity contribution is 1.18. The molecule has 0 radical (unpaired) electrons. The molecule has 1 heterocycles. The van der Waals surface area contributed by atoms with Gasteiger partial charge in [0.15, 0.2) is 0 Å². The quantitative estimate of drug-likeness (QED) is 0.179. The van der Waals surface area contributed by atoms with Crippen molar-refractivity contribution in [1.82, 2.24) is 4.57 Å². The monoisotopic (exact) mass is 625 g/mol. The van der Waals surface area contributed by atoms with Crippen LogP contribution in [0, 0.1) is 0 Å². The Balaban J connectivity index is 1.36. The lowest BCUT2D eigenvalue weighted by Crippen LogP contribution is -1.98. The lowest BCUT2D eigenvalue weighted by atomic mass is 9.97. The summed E-state index contributed by atoms with van der Waals surface area (Å²) >= 11 is 3.63. The van der Waals surface area contributed by atoms with Gasteiger partial charge in [-0.05, 0) is 81.4 Å². The third-order valence-corrected chi connectivity index (χ3v) is 8.95. The molecule has 0 saturated carbocycles. The van der Waals surface area contributed by atoms with Crippen LogP contribution in [0.3, 0.4) is 0 Å². The highest BCUT2D eigenvalue weighted by atomic mass is 79.9. The van der Waals surface area contributed by atoms with E-state index in [1.807, 2.05) is 0 Å². The van der Waals surface area contributed by atoms with E-state index in [4.69, 9.17) is 0 Å². The Morgan fingerprint density at radius 2 is 0.886 bits per heavy atom. The van der Waals surface area contributed by atoms with Crippen molar-refractivity contribution in [3.05, 3.63) is 174 Å². The van der Waals surface area contributed by atoms with Crippen molar-refractivity contribution in [1.29, 1.82) is 0 Å². The number of para-hydroxylation sites is 1. The predicted octanol–water partition coefficient (Wildman–Crippen LogP) is 12.2. The van der Waals surface area contributed by atoms with Gasteiger partial charge < -0.3 is 4.57 Å². The molecule has 1 nitrogen and oxygen atoms in total. The second-order valence-electron chi connectivity index (χ2n) is 11.1. The predicted molar refractivity (Wildman–Crippen MR) is 190 cm³/mol. The molecular formula is C42H28BrN. The maximum atomic E-state index is 3.63. The number of fused-ring (bicyclic) bond motifs is 3. The second kappa shape index (κ2) is 11.1. The van der Waals surface area contributed by atoms with Gasteiger partial charge in [0.05, 0.1) is 16.7 Å². The van der Waals surface area contributed by atoms with Crippen molar-refractivity contribution >= 4 is 37.7 Å². The van der Waals surface area contributed by atoms with E-state index in [9.17, 15) is 0 Å². The molecule has 0 bridgehead atoms. The van der Waals surface area contributed by atoms with Crippen LogP contribution in [0.4, 0.5) is 0 Å². The van der Waals surface area contributed by atoms with Gasteiger partial charge in [-0.3, -0.25) is 0 Å². The van der Waals surface area contributed by atoms with Gasteiger partial charge in [0.2, 0.25) is 0 Å². The highest BCUT2D eigenvalue weighted by Crippen LogP contribution is 2.40. The number of nitrogens with zero attached hydrogens (tertiary/aromatic N) is 1. The van der Waals surface area contributed by atoms with Gasteiger partial charge in [0, 0.05) is 20.8 Å². The normalized spacial score (nSPS) is 11.3. The van der Waals surface area contributed by atoms with Gasteiger partial charge in [-0.25, -0.2) is 0 Å². The third kappa shape index (κ3) is 4.74. The molecule has 44 heavy (non-hydrogen) atoms. The Morgan fingerprint density at radius 3 is 1.64 bits per heavy atom. The van der Waals surface area contributed by atoms with Crippen LogP contribution in [0.25, 0.3) is 72.0 Å². The van der Waals surface area contributed by atoms with Gasteiger partial charge in [0.25, 0.3) is 0 Å². The van der Waals surface area contributed by atoms with Crippen LogP contribution in [0.2, 0.25) is 0 Å². The van der Waals surface area contributed by atoms with Gasteiger partial charge in [-0.2, -0.15) is 0 Å². The van der Waals surface area contributed by atoms with Crippen LogP contribution in [0.5, 0.6) is 0 Å². The molecule has 1 aromatic heterocycles. The SMILES string of the molecule is Brc1cccc(-c2cccc(-c3ccc4c5ccccc5n(-c5ccc(-c6ccccc6)cc5-c5ccccc5)c4c3)c2)c1. The Kier molecular flexibility index (Phi) is 6.70. The minimum Gasteiger partial charge on any atom is -0.309 e. The zero-order valence-corrected chi connectivity index (χ0v) is 25.6. The zero-order chi connectivity index (χ0) is 29.5. The molecule has 0 spiro atoms. The fourth-order valence-electron chi connectivity index (χ4n) is 6.35. The van der Waals surface area contributed by atoms with Crippen LogP contribution in [0.15, 0.2) is 174 Å². The second-order valence-corrected chi connectivity index (χ2v) is 12.1. The summed E-state index contributed by atoms with van der Waals surface area (Å²) in [7, 11) is 0. The third-order valence-electron chi connectivity index (χ3n) is 8.46. The first-order chi connectivity index (χ1) is 21.7. The van der Waals surface area contributed by atoms with Crippen LogP contribution in [-0.2, 0) is 0 Å². The van der Waals surface area contributed by atoms with Gasteiger partial charge in [-0.15, -0.1) is 0 Å². The van der Waals surface area contributed by atoms with Crippen LogP contribution >= 0.6 is 15.9 Å². The van der Waals surface area contributed by atoms with Crippen molar-refractivity contribution in [3.63, 3.8) is 0 Å². The highest BCUT2D eigenvalue weighted by molar-refractivity contribution is 9.10. The largest absolute Gasteiger partial charge is 0.309 e. The van der Waals surface area contributed by atoms with Crippen molar-refractivity contribution in [2.45, 2.75) is 0 Å². The summed E-state index contributed by atoms with van der Waals surface area (Å²) in [6, 6.07) is 61.2. The van der Waals surface area contributed by atoms with E-state index in [0.717, 1.165) is 4.47 Å². The Labute approximate surface area is 265 Å². The maximum absolute atomic E-state index is 3.63. The van der Waals surface area contributed by atoms with E-state index in [2.05, 4.69) is 190 Å². The number of halogens is 1. The smallest absolute Gasteiger partial charge is 0.0547 e. The number of hydrogen-bond donors (Lipinski definition) is 0. The fraction of sp³-hybridized carbons (Fsp3) is 0. The van der Waals surface area contributed by atoms with Crippen molar-refractivity contribution in [2.24, 2.45) is 0 Å². The minimum absolute atomic E-state index is 1.08.